The number of thiophene rings is 1. The molecule has 2 aromatic rings. The van der Waals surface area contributed by atoms with Gasteiger partial charge in [0.15, 0.2) is 0 Å². The Morgan fingerprint density at radius 1 is 1.27 bits per heavy atom. The highest BCUT2D eigenvalue weighted by molar-refractivity contribution is 7.10. The van der Waals surface area contributed by atoms with Crippen molar-refractivity contribution in [1.29, 1.82) is 5.26 Å². The van der Waals surface area contributed by atoms with E-state index >= 15 is 0 Å². The molecule has 0 radical (unpaired) electrons. The third-order valence-electron chi connectivity index (χ3n) is 2.06. The molecule has 0 atom stereocenters. The van der Waals surface area contributed by atoms with Crippen LogP contribution in [0.25, 0.3) is 11.1 Å². The molecule has 0 aliphatic carbocycles. The van der Waals surface area contributed by atoms with Crippen LogP contribution in [0.4, 0.5) is 4.39 Å². The summed E-state index contributed by atoms with van der Waals surface area (Å²) in [5.41, 5.74) is 1.83. The zero-order chi connectivity index (χ0) is 10.7. The Balaban J connectivity index is 2.34. The van der Waals surface area contributed by atoms with Crippen molar-refractivity contribution in [3.05, 3.63) is 46.4 Å². The van der Waals surface area contributed by atoms with E-state index in [4.69, 9.17) is 5.26 Å². The average molecular weight is 217 g/mol. The molecule has 1 aromatic carbocycles. The fourth-order valence-corrected chi connectivity index (χ4v) is 2.20. The van der Waals surface area contributed by atoms with Crippen LogP contribution < -0.4 is 0 Å². The zero-order valence-corrected chi connectivity index (χ0v) is 8.72. The Bertz CT molecular complexity index is 510. The first-order valence-corrected chi connectivity index (χ1v) is 5.38. The van der Waals surface area contributed by atoms with Gasteiger partial charge in [-0.05, 0) is 34.7 Å². The van der Waals surface area contributed by atoms with Gasteiger partial charge in [0.2, 0.25) is 0 Å². The third-order valence-corrected chi connectivity index (χ3v) is 3.00. The predicted molar refractivity (Wildman–Crippen MR) is 59.0 cm³/mol. The molecule has 0 saturated heterocycles. The van der Waals surface area contributed by atoms with E-state index < -0.39 is 0 Å². The van der Waals surface area contributed by atoms with Crippen molar-refractivity contribution in [2.75, 3.05) is 0 Å². The molecular formula is C12H8FNS. The van der Waals surface area contributed by atoms with Gasteiger partial charge in [-0.2, -0.15) is 5.26 Å². The number of nitrogens with zero attached hydrogens (tertiary/aromatic N) is 1. The SMILES string of the molecule is N#CCc1cc(-c2cccc(F)c2)cs1. The summed E-state index contributed by atoms with van der Waals surface area (Å²) in [4.78, 5) is 1.01. The van der Waals surface area contributed by atoms with Gasteiger partial charge in [0.1, 0.15) is 5.82 Å². The average Bonchev–Trinajstić information content (AvgIpc) is 2.67. The van der Waals surface area contributed by atoms with Crippen molar-refractivity contribution < 1.29 is 4.39 Å². The first kappa shape index (κ1) is 9.88. The van der Waals surface area contributed by atoms with Crippen molar-refractivity contribution in [2.45, 2.75) is 6.42 Å². The number of hydrogen-bond donors (Lipinski definition) is 0. The molecule has 0 unspecified atom stereocenters. The lowest BCUT2D eigenvalue weighted by molar-refractivity contribution is 0.628. The van der Waals surface area contributed by atoms with Gasteiger partial charge in [0.05, 0.1) is 12.5 Å². The maximum Gasteiger partial charge on any atom is 0.123 e. The van der Waals surface area contributed by atoms with Gasteiger partial charge in [-0.15, -0.1) is 11.3 Å². The Labute approximate surface area is 91.4 Å². The second kappa shape index (κ2) is 4.24. The van der Waals surface area contributed by atoms with Crippen LogP contribution in [0.5, 0.6) is 0 Å². The van der Waals surface area contributed by atoms with Crippen molar-refractivity contribution in [1.82, 2.24) is 0 Å². The zero-order valence-electron chi connectivity index (χ0n) is 7.90. The molecule has 0 amide bonds. The predicted octanol–water partition coefficient (Wildman–Crippen LogP) is 3.62. The molecule has 0 spiro atoms. The monoisotopic (exact) mass is 217 g/mol. The summed E-state index contributed by atoms with van der Waals surface area (Å²) in [5.74, 6) is -0.236. The summed E-state index contributed by atoms with van der Waals surface area (Å²) < 4.78 is 13.0. The first-order valence-electron chi connectivity index (χ1n) is 4.50. The Morgan fingerprint density at radius 3 is 2.87 bits per heavy atom. The molecule has 0 fully saturated rings. The summed E-state index contributed by atoms with van der Waals surface area (Å²) >= 11 is 1.53. The Hall–Kier alpha value is -1.66. The van der Waals surface area contributed by atoms with E-state index in [0.29, 0.717) is 6.42 Å². The molecule has 1 nitrogen and oxygen atoms in total. The van der Waals surface area contributed by atoms with Crippen LogP contribution in [0.3, 0.4) is 0 Å². The van der Waals surface area contributed by atoms with E-state index in [9.17, 15) is 4.39 Å². The molecule has 0 aliphatic rings. The summed E-state index contributed by atoms with van der Waals surface area (Å²) in [7, 11) is 0. The maximum atomic E-state index is 13.0. The fraction of sp³-hybridized carbons (Fsp3) is 0.0833. The van der Waals surface area contributed by atoms with Crippen LogP contribution in [0.2, 0.25) is 0 Å². The van der Waals surface area contributed by atoms with Crippen LogP contribution >= 0.6 is 11.3 Å². The Morgan fingerprint density at radius 2 is 2.13 bits per heavy atom. The molecule has 2 rings (SSSR count). The quantitative estimate of drug-likeness (QED) is 0.753. The Kier molecular flexibility index (Phi) is 2.79. The normalized spacial score (nSPS) is 9.87. The lowest BCUT2D eigenvalue weighted by Gasteiger charge is -1.96. The molecule has 0 aliphatic heterocycles. The highest BCUT2D eigenvalue weighted by Crippen LogP contribution is 2.26. The fourth-order valence-electron chi connectivity index (χ4n) is 1.37. The van der Waals surface area contributed by atoms with Crippen LogP contribution in [0, 0.1) is 17.1 Å². The van der Waals surface area contributed by atoms with Gasteiger partial charge in [-0.3, -0.25) is 0 Å². The lowest BCUT2D eigenvalue weighted by Crippen LogP contribution is -1.77. The second-order valence-electron chi connectivity index (χ2n) is 3.15. The number of benzene rings is 1. The minimum Gasteiger partial charge on any atom is -0.207 e. The van der Waals surface area contributed by atoms with Crippen molar-refractivity contribution in [2.24, 2.45) is 0 Å². The van der Waals surface area contributed by atoms with Gasteiger partial charge < -0.3 is 0 Å². The van der Waals surface area contributed by atoms with Gasteiger partial charge in [0.25, 0.3) is 0 Å². The van der Waals surface area contributed by atoms with E-state index in [2.05, 4.69) is 6.07 Å². The van der Waals surface area contributed by atoms with Gasteiger partial charge in [0, 0.05) is 4.88 Å². The van der Waals surface area contributed by atoms with E-state index in [-0.39, 0.29) is 5.82 Å². The summed E-state index contributed by atoms with van der Waals surface area (Å²) in [6.45, 7) is 0. The minimum atomic E-state index is -0.236. The molecular weight excluding hydrogens is 209 g/mol. The molecule has 15 heavy (non-hydrogen) atoms. The van der Waals surface area contributed by atoms with Crippen molar-refractivity contribution >= 4 is 11.3 Å². The minimum absolute atomic E-state index is 0.236. The molecule has 0 bridgehead atoms. The van der Waals surface area contributed by atoms with E-state index in [1.165, 1.54) is 23.5 Å². The van der Waals surface area contributed by atoms with Crippen LogP contribution in [-0.4, -0.2) is 0 Å². The van der Waals surface area contributed by atoms with Gasteiger partial charge in [-0.1, -0.05) is 12.1 Å². The molecule has 3 heteroatoms. The van der Waals surface area contributed by atoms with Gasteiger partial charge in [-0.25, -0.2) is 4.39 Å². The summed E-state index contributed by atoms with van der Waals surface area (Å²) in [5, 5.41) is 10.5. The highest BCUT2D eigenvalue weighted by atomic mass is 32.1. The lowest BCUT2D eigenvalue weighted by atomic mass is 10.1. The highest BCUT2D eigenvalue weighted by Gasteiger charge is 2.02. The molecule has 1 aromatic heterocycles. The smallest absolute Gasteiger partial charge is 0.123 e. The number of nitriles is 1. The van der Waals surface area contributed by atoms with E-state index in [1.807, 2.05) is 17.5 Å². The largest absolute Gasteiger partial charge is 0.207 e. The van der Waals surface area contributed by atoms with Gasteiger partial charge >= 0.3 is 0 Å². The second-order valence-corrected chi connectivity index (χ2v) is 4.14. The molecule has 74 valence electrons. The van der Waals surface area contributed by atoms with Crippen molar-refractivity contribution in [3.63, 3.8) is 0 Å². The van der Waals surface area contributed by atoms with Crippen molar-refractivity contribution in [3.8, 4) is 17.2 Å². The van der Waals surface area contributed by atoms with E-state index in [1.54, 1.807) is 6.07 Å². The third kappa shape index (κ3) is 2.23. The molecule has 1 heterocycles. The number of hydrogen-bond acceptors (Lipinski definition) is 2. The number of halogens is 1. The summed E-state index contributed by atoms with van der Waals surface area (Å²) in [6, 6.07) is 10.5. The topological polar surface area (TPSA) is 23.8 Å². The van der Waals surface area contributed by atoms with E-state index in [0.717, 1.165) is 16.0 Å². The van der Waals surface area contributed by atoms with Crippen LogP contribution in [0.1, 0.15) is 4.88 Å². The molecule has 0 N–H and O–H groups in total. The number of rotatable bonds is 2. The van der Waals surface area contributed by atoms with Crippen LogP contribution in [0.15, 0.2) is 35.7 Å². The standard InChI is InChI=1S/C12H8FNS/c13-11-3-1-2-9(6-11)10-7-12(4-5-14)15-8-10/h1-3,6-8H,4H2. The van der Waals surface area contributed by atoms with Crippen LogP contribution in [-0.2, 0) is 6.42 Å². The molecule has 0 saturated carbocycles. The maximum absolute atomic E-state index is 13.0. The first-order chi connectivity index (χ1) is 7.29. The summed E-state index contributed by atoms with van der Waals surface area (Å²) in [6.07, 6.45) is 0.417.